The fraction of sp³-hybridized carbons (Fsp3) is 0.375. The number of aryl methyl sites for hydroxylation is 2. The molecule has 0 aliphatic carbocycles. The van der Waals surface area contributed by atoms with E-state index in [1.807, 2.05) is 42.5 Å². The third-order valence-electron chi connectivity index (χ3n) is 9.27. The summed E-state index contributed by atoms with van der Waals surface area (Å²) in [5.74, 6) is -2.16. The SMILES string of the molecule is COc1ccc(CCCc2ccccc2NC(=O)CCC(=O)NCCCCNC(=O)COc2cccc3c2C(=O)N(C2CCC(=O)NC2=O)C3=O)cc1OC. The second-order valence-corrected chi connectivity index (χ2v) is 13.1. The van der Waals surface area contributed by atoms with E-state index in [1.165, 1.54) is 18.2 Å². The summed E-state index contributed by atoms with van der Waals surface area (Å²) >= 11 is 0. The molecule has 0 radical (unpaired) electrons. The van der Waals surface area contributed by atoms with Crippen molar-refractivity contribution in [3.05, 3.63) is 82.9 Å². The molecule has 1 fully saturated rings. The minimum absolute atomic E-state index is 0.000400. The van der Waals surface area contributed by atoms with E-state index in [9.17, 15) is 33.6 Å². The number of anilines is 1. The molecule has 290 valence electrons. The number of piperidine rings is 1. The number of unbranched alkanes of at least 4 members (excludes halogenated alkanes) is 1. The zero-order valence-electron chi connectivity index (χ0n) is 30.9. The van der Waals surface area contributed by atoms with Crippen LogP contribution in [0, 0.1) is 0 Å². The molecule has 15 nitrogen and oxygen atoms in total. The normalized spacial score (nSPS) is 14.9. The highest BCUT2D eigenvalue weighted by molar-refractivity contribution is 6.24. The summed E-state index contributed by atoms with van der Waals surface area (Å²) in [7, 11) is 3.21. The van der Waals surface area contributed by atoms with Crippen molar-refractivity contribution in [1.29, 1.82) is 0 Å². The molecule has 2 aliphatic rings. The summed E-state index contributed by atoms with van der Waals surface area (Å²) in [4.78, 5) is 88.4. The van der Waals surface area contributed by atoms with Gasteiger partial charge in [-0.3, -0.25) is 43.8 Å². The molecule has 5 rings (SSSR count). The van der Waals surface area contributed by atoms with Crippen LogP contribution in [-0.2, 0) is 36.8 Å². The van der Waals surface area contributed by atoms with Gasteiger partial charge in [0.2, 0.25) is 23.6 Å². The van der Waals surface area contributed by atoms with Crippen LogP contribution in [0.4, 0.5) is 5.69 Å². The molecule has 0 saturated carbocycles. The summed E-state index contributed by atoms with van der Waals surface area (Å²) < 4.78 is 16.3. The molecule has 3 aromatic rings. The topological polar surface area (TPSA) is 199 Å². The second kappa shape index (κ2) is 19.2. The Balaban J connectivity index is 0.953. The molecule has 15 heteroatoms. The van der Waals surface area contributed by atoms with Crippen molar-refractivity contribution >= 4 is 47.0 Å². The molecule has 0 aromatic heterocycles. The molecule has 1 saturated heterocycles. The van der Waals surface area contributed by atoms with E-state index >= 15 is 0 Å². The first-order valence-corrected chi connectivity index (χ1v) is 18.2. The fourth-order valence-electron chi connectivity index (χ4n) is 6.41. The minimum Gasteiger partial charge on any atom is -0.493 e. The number of para-hydroxylation sites is 1. The van der Waals surface area contributed by atoms with Crippen molar-refractivity contribution in [2.24, 2.45) is 0 Å². The standard InChI is InChI=1S/C40H45N5O10/c1-53-30-17-15-25(23-32(30)54-2)9-7-11-26-10-3-4-13-28(26)43-34(47)20-19-33(46)41-21-5-6-22-42-36(49)24-55-31-14-8-12-27-37(31)40(52)45(39(27)51)29-16-18-35(48)44-38(29)50/h3-4,8,10,12-15,17,23,29H,5-7,9,11,16,18-22,24H2,1-2H3,(H,41,46)(H,42,49)(H,43,47)(H,44,48,50). The Kier molecular flexibility index (Phi) is 13.9. The number of rotatable bonds is 19. The maximum atomic E-state index is 13.2. The van der Waals surface area contributed by atoms with Gasteiger partial charge in [-0.1, -0.05) is 30.3 Å². The van der Waals surface area contributed by atoms with Crippen LogP contribution in [0.5, 0.6) is 17.2 Å². The van der Waals surface area contributed by atoms with Gasteiger partial charge in [0.1, 0.15) is 11.8 Å². The predicted molar refractivity (Wildman–Crippen MR) is 200 cm³/mol. The van der Waals surface area contributed by atoms with Crippen LogP contribution in [0.15, 0.2) is 60.7 Å². The van der Waals surface area contributed by atoms with Gasteiger partial charge in [0.25, 0.3) is 17.7 Å². The quantitative estimate of drug-likeness (QED) is 0.104. The first-order chi connectivity index (χ1) is 26.6. The van der Waals surface area contributed by atoms with Crippen LogP contribution in [-0.4, -0.2) is 86.2 Å². The van der Waals surface area contributed by atoms with Crippen molar-refractivity contribution in [3.8, 4) is 17.2 Å². The molecule has 55 heavy (non-hydrogen) atoms. The Labute approximate surface area is 318 Å². The number of methoxy groups -OCH3 is 2. The largest absolute Gasteiger partial charge is 0.493 e. The Hall–Kier alpha value is -6.25. The maximum absolute atomic E-state index is 13.2. The van der Waals surface area contributed by atoms with Crippen LogP contribution in [0.2, 0.25) is 0 Å². The van der Waals surface area contributed by atoms with Crippen molar-refractivity contribution in [3.63, 3.8) is 0 Å². The van der Waals surface area contributed by atoms with Gasteiger partial charge >= 0.3 is 0 Å². The second-order valence-electron chi connectivity index (χ2n) is 13.1. The number of amides is 7. The van der Waals surface area contributed by atoms with Crippen molar-refractivity contribution in [2.45, 2.75) is 63.8 Å². The summed E-state index contributed by atoms with van der Waals surface area (Å²) in [6.07, 6.45) is 3.66. The highest BCUT2D eigenvalue weighted by Gasteiger charge is 2.46. The van der Waals surface area contributed by atoms with Gasteiger partial charge in [0, 0.05) is 38.0 Å². The van der Waals surface area contributed by atoms with Crippen LogP contribution < -0.4 is 35.5 Å². The molecule has 3 aromatic carbocycles. The average Bonchev–Trinajstić information content (AvgIpc) is 3.44. The Morgan fingerprint density at radius 2 is 1.49 bits per heavy atom. The van der Waals surface area contributed by atoms with Crippen LogP contribution >= 0.6 is 0 Å². The minimum atomic E-state index is -1.11. The zero-order valence-corrected chi connectivity index (χ0v) is 30.9. The van der Waals surface area contributed by atoms with Crippen molar-refractivity contribution < 1.29 is 47.8 Å². The van der Waals surface area contributed by atoms with E-state index in [0.29, 0.717) is 37.4 Å². The molecule has 0 bridgehead atoms. The predicted octanol–water partition coefficient (Wildman–Crippen LogP) is 3.09. The molecule has 0 spiro atoms. The fourth-order valence-corrected chi connectivity index (χ4v) is 6.41. The summed E-state index contributed by atoms with van der Waals surface area (Å²) in [6.45, 7) is 0.256. The lowest BCUT2D eigenvalue weighted by molar-refractivity contribution is -0.136. The highest BCUT2D eigenvalue weighted by Crippen LogP contribution is 2.34. The smallest absolute Gasteiger partial charge is 0.266 e. The number of imide groups is 2. The molecule has 2 aliphatic heterocycles. The van der Waals surface area contributed by atoms with Crippen LogP contribution in [0.1, 0.15) is 76.8 Å². The van der Waals surface area contributed by atoms with Gasteiger partial charge in [0.05, 0.1) is 25.3 Å². The number of nitrogens with zero attached hydrogens (tertiary/aromatic N) is 1. The number of fused-ring (bicyclic) bond motifs is 1. The zero-order chi connectivity index (χ0) is 39.3. The van der Waals surface area contributed by atoms with Gasteiger partial charge in [-0.2, -0.15) is 0 Å². The van der Waals surface area contributed by atoms with E-state index in [4.69, 9.17) is 14.2 Å². The first-order valence-electron chi connectivity index (χ1n) is 18.2. The number of hydrogen-bond donors (Lipinski definition) is 4. The maximum Gasteiger partial charge on any atom is 0.266 e. The first kappa shape index (κ1) is 39.9. The Bertz CT molecular complexity index is 1950. The van der Waals surface area contributed by atoms with E-state index in [-0.39, 0.29) is 54.4 Å². The van der Waals surface area contributed by atoms with Crippen molar-refractivity contribution in [1.82, 2.24) is 20.9 Å². The van der Waals surface area contributed by atoms with Gasteiger partial charge in [-0.15, -0.1) is 0 Å². The van der Waals surface area contributed by atoms with Crippen LogP contribution in [0.25, 0.3) is 0 Å². The number of carbonyl (C=O) groups is 7. The number of benzene rings is 3. The van der Waals surface area contributed by atoms with Gasteiger partial charge < -0.3 is 30.2 Å². The van der Waals surface area contributed by atoms with E-state index in [2.05, 4.69) is 21.3 Å². The number of carbonyl (C=O) groups excluding carboxylic acids is 7. The third-order valence-corrected chi connectivity index (χ3v) is 9.27. The van der Waals surface area contributed by atoms with Crippen LogP contribution in [0.3, 0.4) is 0 Å². The molecular formula is C40H45N5O10. The summed E-state index contributed by atoms with van der Waals surface area (Å²) in [5.41, 5.74) is 2.86. The average molecular weight is 756 g/mol. The molecule has 1 atom stereocenters. The molecule has 1 unspecified atom stereocenters. The highest BCUT2D eigenvalue weighted by atomic mass is 16.5. The van der Waals surface area contributed by atoms with Gasteiger partial charge in [-0.25, -0.2) is 0 Å². The number of ether oxygens (including phenoxy) is 3. The number of nitrogens with one attached hydrogen (secondary N) is 4. The molecular weight excluding hydrogens is 710 g/mol. The monoisotopic (exact) mass is 755 g/mol. The van der Waals surface area contributed by atoms with E-state index in [1.54, 1.807) is 14.2 Å². The van der Waals surface area contributed by atoms with Crippen molar-refractivity contribution in [2.75, 3.05) is 39.2 Å². The molecule has 4 N–H and O–H groups in total. The molecule has 2 heterocycles. The molecule has 7 amide bonds. The van der Waals surface area contributed by atoms with Gasteiger partial charge in [-0.05, 0) is 80.0 Å². The van der Waals surface area contributed by atoms with E-state index < -0.39 is 42.2 Å². The lowest BCUT2D eigenvalue weighted by Crippen LogP contribution is -2.54. The third kappa shape index (κ3) is 10.5. The Morgan fingerprint density at radius 1 is 0.764 bits per heavy atom. The lowest BCUT2D eigenvalue weighted by atomic mass is 10.0. The lowest BCUT2D eigenvalue weighted by Gasteiger charge is -2.27. The summed E-state index contributed by atoms with van der Waals surface area (Å²) in [6, 6.07) is 16.8. The number of hydrogen-bond acceptors (Lipinski definition) is 10. The Morgan fingerprint density at radius 3 is 2.24 bits per heavy atom. The van der Waals surface area contributed by atoms with Gasteiger partial charge in [0.15, 0.2) is 18.1 Å². The summed E-state index contributed by atoms with van der Waals surface area (Å²) in [5, 5.41) is 10.6. The van der Waals surface area contributed by atoms with E-state index in [0.717, 1.165) is 41.0 Å².